The van der Waals surface area contributed by atoms with Gasteiger partial charge in [-0.15, -0.1) is 13.2 Å². The third kappa shape index (κ3) is 3.37. The average Bonchev–Trinajstić information content (AvgIpc) is 2.77. The number of H-pyrrole nitrogens is 1. The predicted molar refractivity (Wildman–Crippen MR) is 81.2 cm³/mol. The van der Waals surface area contributed by atoms with Crippen molar-refractivity contribution in [2.24, 2.45) is 0 Å². The summed E-state index contributed by atoms with van der Waals surface area (Å²) in [5.41, 5.74) is 1.08. The van der Waals surface area contributed by atoms with Crippen LogP contribution in [0.1, 0.15) is 5.69 Å². The molecule has 0 saturated heterocycles. The smallest absolute Gasteiger partial charge is 0.455 e. The molecule has 7 heteroatoms. The molecule has 2 aromatic carbocycles. The molecule has 1 heterocycles. The molecule has 0 unspecified atom stereocenters. The molecular formula is C16H11ClF3NO2. The van der Waals surface area contributed by atoms with E-state index in [1.54, 1.807) is 37.3 Å². The van der Waals surface area contributed by atoms with Crippen LogP contribution in [-0.4, -0.2) is 11.3 Å². The van der Waals surface area contributed by atoms with Crippen LogP contribution in [0.15, 0.2) is 42.5 Å². The van der Waals surface area contributed by atoms with Gasteiger partial charge in [0.25, 0.3) is 0 Å². The largest absolute Gasteiger partial charge is 0.573 e. The quantitative estimate of drug-likeness (QED) is 0.651. The molecule has 0 aliphatic carbocycles. The van der Waals surface area contributed by atoms with Crippen LogP contribution in [0, 0.1) is 6.92 Å². The summed E-state index contributed by atoms with van der Waals surface area (Å²) in [6.07, 6.45) is -4.78. The monoisotopic (exact) mass is 341 g/mol. The third-order valence-electron chi connectivity index (χ3n) is 3.18. The van der Waals surface area contributed by atoms with Gasteiger partial charge in [-0.05, 0) is 43.3 Å². The first-order valence-corrected chi connectivity index (χ1v) is 7.02. The first-order chi connectivity index (χ1) is 10.8. The number of alkyl halides is 3. The fraction of sp³-hybridized carbons (Fsp3) is 0.125. The zero-order valence-corrected chi connectivity index (χ0v) is 12.6. The zero-order valence-electron chi connectivity index (χ0n) is 11.9. The predicted octanol–water partition coefficient (Wildman–Crippen LogP) is 5.82. The lowest BCUT2D eigenvalue weighted by Gasteiger charge is -2.12. The topological polar surface area (TPSA) is 34.2 Å². The second-order valence-electron chi connectivity index (χ2n) is 4.86. The number of benzene rings is 2. The Hall–Kier alpha value is -2.34. The van der Waals surface area contributed by atoms with Gasteiger partial charge in [0, 0.05) is 5.02 Å². The van der Waals surface area contributed by atoms with Gasteiger partial charge < -0.3 is 14.5 Å². The van der Waals surface area contributed by atoms with Crippen LogP contribution in [0.4, 0.5) is 13.2 Å². The maximum Gasteiger partial charge on any atom is 0.573 e. The molecule has 0 radical (unpaired) electrons. The van der Waals surface area contributed by atoms with Crippen LogP contribution in [0.2, 0.25) is 5.02 Å². The summed E-state index contributed by atoms with van der Waals surface area (Å²) in [5.74, 6) is 0.422. The molecule has 0 aliphatic rings. The lowest BCUT2D eigenvalue weighted by Crippen LogP contribution is -2.17. The van der Waals surface area contributed by atoms with Crippen LogP contribution in [0.3, 0.4) is 0 Å². The van der Waals surface area contributed by atoms with E-state index in [9.17, 15) is 13.2 Å². The van der Waals surface area contributed by atoms with E-state index >= 15 is 0 Å². The van der Waals surface area contributed by atoms with E-state index in [0.29, 0.717) is 22.0 Å². The number of hydrogen-bond acceptors (Lipinski definition) is 2. The van der Waals surface area contributed by atoms with Crippen molar-refractivity contribution in [2.45, 2.75) is 13.3 Å². The van der Waals surface area contributed by atoms with Gasteiger partial charge in [-0.25, -0.2) is 0 Å². The number of nitrogens with one attached hydrogen (secondary N) is 1. The van der Waals surface area contributed by atoms with E-state index in [1.807, 2.05) is 0 Å². The molecule has 0 spiro atoms. The molecule has 1 N–H and O–H groups in total. The van der Waals surface area contributed by atoms with Crippen molar-refractivity contribution >= 4 is 22.5 Å². The van der Waals surface area contributed by atoms with Crippen molar-refractivity contribution in [1.82, 2.24) is 4.98 Å². The normalized spacial score (nSPS) is 11.7. The van der Waals surface area contributed by atoms with Crippen molar-refractivity contribution in [3.8, 4) is 17.2 Å². The summed E-state index contributed by atoms with van der Waals surface area (Å²) in [5, 5.41) is 0.770. The number of aromatic amines is 1. The van der Waals surface area contributed by atoms with Gasteiger partial charge in [0.05, 0.1) is 16.6 Å². The maximum absolute atomic E-state index is 12.6. The second kappa shape index (κ2) is 5.70. The van der Waals surface area contributed by atoms with Crippen LogP contribution < -0.4 is 9.47 Å². The Bertz CT molecular complexity index is 841. The summed E-state index contributed by atoms with van der Waals surface area (Å²) in [6.45, 7) is 1.71. The summed E-state index contributed by atoms with van der Waals surface area (Å²) >= 11 is 5.81. The van der Waals surface area contributed by atoms with Gasteiger partial charge in [-0.2, -0.15) is 0 Å². The van der Waals surface area contributed by atoms with Gasteiger partial charge in [0.2, 0.25) is 0 Å². The molecule has 0 atom stereocenters. The number of aromatic nitrogens is 1. The van der Waals surface area contributed by atoms with E-state index < -0.39 is 6.36 Å². The Kier molecular flexibility index (Phi) is 3.85. The maximum atomic E-state index is 12.6. The first-order valence-electron chi connectivity index (χ1n) is 6.64. The molecule has 1 aromatic heterocycles. The highest BCUT2D eigenvalue weighted by Crippen LogP contribution is 2.41. The molecule has 3 rings (SSSR count). The third-order valence-corrected chi connectivity index (χ3v) is 3.43. The molecule has 0 aliphatic heterocycles. The SMILES string of the molecule is Cc1[nH]c2cccc(OC(F)(F)F)c2c1Oc1ccc(Cl)cc1. The molecule has 3 aromatic rings. The summed E-state index contributed by atoms with van der Waals surface area (Å²) in [4.78, 5) is 2.99. The number of ether oxygens (including phenoxy) is 2. The minimum absolute atomic E-state index is 0.234. The van der Waals surface area contributed by atoms with Crippen LogP contribution in [0.25, 0.3) is 10.9 Å². The Labute approximate surface area is 134 Å². The summed E-state index contributed by atoms with van der Waals surface area (Å²) < 4.78 is 47.6. The Morgan fingerprint density at radius 2 is 1.74 bits per heavy atom. The van der Waals surface area contributed by atoms with Gasteiger partial charge >= 0.3 is 6.36 Å². The summed E-state index contributed by atoms with van der Waals surface area (Å²) in [6, 6.07) is 10.9. The van der Waals surface area contributed by atoms with E-state index in [4.69, 9.17) is 16.3 Å². The molecule has 120 valence electrons. The van der Waals surface area contributed by atoms with E-state index in [-0.39, 0.29) is 16.9 Å². The van der Waals surface area contributed by atoms with E-state index in [0.717, 1.165) is 0 Å². The van der Waals surface area contributed by atoms with Crippen molar-refractivity contribution in [3.63, 3.8) is 0 Å². The molecule has 23 heavy (non-hydrogen) atoms. The van der Waals surface area contributed by atoms with Crippen molar-refractivity contribution in [3.05, 3.63) is 53.2 Å². The van der Waals surface area contributed by atoms with Crippen LogP contribution >= 0.6 is 11.6 Å². The number of fused-ring (bicyclic) bond motifs is 1. The molecule has 3 nitrogen and oxygen atoms in total. The van der Waals surface area contributed by atoms with Gasteiger partial charge in [0.15, 0.2) is 5.75 Å². The van der Waals surface area contributed by atoms with Gasteiger partial charge in [-0.1, -0.05) is 17.7 Å². The highest BCUT2D eigenvalue weighted by atomic mass is 35.5. The summed E-state index contributed by atoms with van der Waals surface area (Å²) in [7, 11) is 0. The average molecular weight is 342 g/mol. The van der Waals surface area contributed by atoms with E-state index in [2.05, 4.69) is 9.72 Å². The standard InChI is InChI=1S/C16H11ClF3NO2/c1-9-15(22-11-7-5-10(17)6-8-11)14-12(21-9)3-2-4-13(14)23-16(18,19)20/h2-8,21H,1H3. The number of hydrogen-bond donors (Lipinski definition) is 1. The second-order valence-corrected chi connectivity index (χ2v) is 5.30. The molecular weight excluding hydrogens is 331 g/mol. The van der Waals surface area contributed by atoms with E-state index in [1.165, 1.54) is 12.1 Å². The number of halogens is 4. The van der Waals surface area contributed by atoms with Crippen molar-refractivity contribution in [2.75, 3.05) is 0 Å². The number of aryl methyl sites for hydroxylation is 1. The minimum Gasteiger partial charge on any atom is -0.455 e. The minimum atomic E-state index is -4.78. The number of rotatable bonds is 3. The molecule has 0 bridgehead atoms. The van der Waals surface area contributed by atoms with Crippen molar-refractivity contribution < 1.29 is 22.6 Å². The highest BCUT2D eigenvalue weighted by Gasteiger charge is 2.32. The fourth-order valence-corrected chi connectivity index (χ4v) is 2.40. The molecule has 0 amide bonds. The van der Waals surface area contributed by atoms with Crippen LogP contribution in [-0.2, 0) is 0 Å². The first kappa shape index (κ1) is 15.6. The zero-order chi connectivity index (χ0) is 16.6. The lowest BCUT2D eigenvalue weighted by atomic mass is 10.2. The Morgan fingerprint density at radius 3 is 2.39 bits per heavy atom. The van der Waals surface area contributed by atoms with Crippen molar-refractivity contribution in [1.29, 1.82) is 0 Å². The highest BCUT2D eigenvalue weighted by molar-refractivity contribution is 6.30. The Balaban J connectivity index is 2.08. The van der Waals surface area contributed by atoms with Gasteiger partial charge in [0.1, 0.15) is 11.5 Å². The lowest BCUT2D eigenvalue weighted by molar-refractivity contribution is -0.274. The molecule has 0 fully saturated rings. The van der Waals surface area contributed by atoms with Crippen LogP contribution in [0.5, 0.6) is 17.2 Å². The fourth-order valence-electron chi connectivity index (χ4n) is 2.27. The Morgan fingerprint density at radius 1 is 1.04 bits per heavy atom. The molecule has 0 saturated carbocycles. The van der Waals surface area contributed by atoms with Gasteiger partial charge in [-0.3, -0.25) is 0 Å².